The lowest BCUT2D eigenvalue weighted by Gasteiger charge is -2.15. The molecule has 1 aromatic carbocycles. The molecule has 0 aliphatic carbocycles. The third kappa shape index (κ3) is 3.93. The van der Waals surface area contributed by atoms with Gasteiger partial charge in [0.25, 0.3) is 0 Å². The predicted octanol–water partition coefficient (Wildman–Crippen LogP) is 3.44. The zero-order valence-electron chi connectivity index (χ0n) is 11.3. The van der Waals surface area contributed by atoms with Crippen molar-refractivity contribution in [2.24, 2.45) is 5.73 Å². The Morgan fingerprint density at radius 1 is 1.26 bits per heavy atom. The Morgan fingerprint density at radius 3 is 2.68 bits per heavy atom. The molecule has 0 aliphatic rings. The lowest BCUT2D eigenvalue weighted by atomic mass is 10.2. The molecule has 0 bridgehead atoms. The van der Waals surface area contributed by atoms with Gasteiger partial charge in [0.2, 0.25) is 0 Å². The second-order valence-corrected chi connectivity index (χ2v) is 5.74. The second kappa shape index (κ2) is 6.37. The minimum Gasteiger partial charge on any atom is -0.463 e. The minimum absolute atomic E-state index is 0.460. The summed E-state index contributed by atoms with van der Waals surface area (Å²) in [6.07, 6.45) is 0. The fourth-order valence-corrected chi connectivity index (χ4v) is 2.59. The van der Waals surface area contributed by atoms with Crippen molar-refractivity contribution in [2.75, 3.05) is 7.05 Å². The Labute approximate surface area is 122 Å². The molecule has 0 saturated heterocycles. The van der Waals surface area contributed by atoms with Crippen LogP contribution in [0.15, 0.2) is 39.2 Å². The summed E-state index contributed by atoms with van der Waals surface area (Å²) in [6.45, 7) is 4.16. The van der Waals surface area contributed by atoms with Gasteiger partial charge in [0, 0.05) is 11.0 Å². The van der Waals surface area contributed by atoms with Crippen molar-refractivity contribution >= 4 is 15.9 Å². The monoisotopic (exact) mass is 322 g/mol. The third-order valence-corrected chi connectivity index (χ3v) is 3.52. The average Bonchev–Trinajstić information content (AvgIpc) is 2.69. The molecule has 0 spiro atoms. The first-order chi connectivity index (χ1) is 9.08. The van der Waals surface area contributed by atoms with Gasteiger partial charge in [-0.25, -0.2) is 0 Å². The number of halogens is 1. The fraction of sp³-hybridized carbons (Fsp3) is 0.333. The molecular formula is C15H19BrN2O. The van der Waals surface area contributed by atoms with Crippen LogP contribution < -0.4 is 5.73 Å². The van der Waals surface area contributed by atoms with E-state index in [1.807, 2.05) is 13.0 Å². The van der Waals surface area contributed by atoms with Gasteiger partial charge in [0.15, 0.2) is 0 Å². The average molecular weight is 323 g/mol. The summed E-state index contributed by atoms with van der Waals surface area (Å²) in [5.74, 6) is 1.85. The number of nitrogens with two attached hydrogens (primary N) is 1. The van der Waals surface area contributed by atoms with Crippen LogP contribution in [0.3, 0.4) is 0 Å². The van der Waals surface area contributed by atoms with Gasteiger partial charge in [-0.05, 0) is 43.3 Å². The summed E-state index contributed by atoms with van der Waals surface area (Å²) in [6, 6.07) is 10.4. The van der Waals surface area contributed by atoms with E-state index in [9.17, 15) is 0 Å². The van der Waals surface area contributed by atoms with Gasteiger partial charge in [-0.3, -0.25) is 4.90 Å². The smallest absolute Gasteiger partial charge is 0.120 e. The SMILES string of the molecule is Cc1cc(CN(C)Cc2cccc(Br)c2)oc1CN. The number of hydrogen-bond donors (Lipinski definition) is 1. The van der Waals surface area contributed by atoms with E-state index in [-0.39, 0.29) is 0 Å². The first-order valence-corrected chi connectivity index (χ1v) is 7.09. The van der Waals surface area contributed by atoms with Crippen LogP contribution in [0.2, 0.25) is 0 Å². The summed E-state index contributed by atoms with van der Waals surface area (Å²) in [4.78, 5) is 2.22. The van der Waals surface area contributed by atoms with E-state index in [1.54, 1.807) is 0 Å². The number of rotatable bonds is 5. The van der Waals surface area contributed by atoms with Crippen molar-refractivity contribution in [1.82, 2.24) is 4.90 Å². The summed E-state index contributed by atoms with van der Waals surface area (Å²) < 4.78 is 6.83. The number of aryl methyl sites for hydroxylation is 1. The third-order valence-electron chi connectivity index (χ3n) is 3.02. The molecule has 102 valence electrons. The van der Waals surface area contributed by atoms with Crippen molar-refractivity contribution in [2.45, 2.75) is 26.6 Å². The van der Waals surface area contributed by atoms with Crippen LogP contribution in [-0.4, -0.2) is 11.9 Å². The van der Waals surface area contributed by atoms with E-state index in [4.69, 9.17) is 10.2 Å². The van der Waals surface area contributed by atoms with E-state index < -0.39 is 0 Å². The van der Waals surface area contributed by atoms with E-state index in [2.05, 4.69) is 52.1 Å². The molecule has 0 unspecified atom stereocenters. The molecule has 0 amide bonds. The van der Waals surface area contributed by atoms with Crippen LogP contribution in [0, 0.1) is 6.92 Å². The van der Waals surface area contributed by atoms with E-state index in [1.165, 1.54) is 5.56 Å². The lowest BCUT2D eigenvalue weighted by Crippen LogP contribution is -2.16. The Bertz CT molecular complexity index is 551. The Balaban J connectivity index is 1.98. The largest absolute Gasteiger partial charge is 0.463 e. The van der Waals surface area contributed by atoms with Crippen molar-refractivity contribution < 1.29 is 4.42 Å². The van der Waals surface area contributed by atoms with Crippen molar-refractivity contribution in [3.63, 3.8) is 0 Å². The van der Waals surface area contributed by atoms with Gasteiger partial charge < -0.3 is 10.2 Å². The van der Waals surface area contributed by atoms with Crippen LogP contribution in [0.25, 0.3) is 0 Å². The topological polar surface area (TPSA) is 42.4 Å². The van der Waals surface area contributed by atoms with E-state index >= 15 is 0 Å². The maximum absolute atomic E-state index is 5.72. The molecule has 0 saturated carbocycles. The normalized spacial score (nSPS) is 11.2. The molecule has 1 aromatic heterocycles. The molecule has 19 heavy (non-hydrogen) atoms. The number of furan rings is 1. The van der Waals surface area contributed by atoms with Crippen LogP contribution in [0.5, 0.6) is 0 Å². The number of nitrogens with zero attached hydrogens (tertiary/aromatic N) is 1. The van der Waals surface area contributed by atoms with Crippen molar-refractivity contribution in [3.05, 3.63) is 57.5 Å². The Morgan fingerprint density at radius 2 is 2.05 bits per heavy atom. The number of benzene rings is 1. The van der Waals surface area contributed by atoms with Crippen molar-refractivity contribution in [1.29, 1.82) is 0 Å². The van der Waals surface area contributed by atoms with E-state index in [0.717, 1.165) is 34.6 Å². The Hall–Kier alpha value is -1.10. The van der Waals surface area contributed by atoms with E-state index in [0.29, 0.717) is 6.54 Å². The standard InChI is InChI=1S/C15H19BrN2O/c1-11-6-14(19-15(11)8-17)10-18(2)9-12-4-3-5-13(16)7-12/h3-7H,8-10,17H2,1-2H3. The predicted molar refractivity (Wildman–Crippen MR) is 80.6 cm³/mol. The molecule has 2 N–H and O–H groups in total. The summed E-state index contributed by atoms with van der Waals surface area (Å²) in [7, 11) is 2.08. The van der Waals surface area contributed by atoms with Crippen LogP contribution in [0.1, 0.15) is 22.6 Å². The Kier molecular flexibility index (Phi) is 4.80. The molecular weight excluding hydrogens is 304 g/mol. The van der Waals surface area contributed by atoms with Crippen LogP contribution in [0.4, 0.5) is 0 Å². The molecule has 2 aromatic rings. The molecule has 1 heterocycles. The summed E-state index contributed by atoms with van der Waals surface area (Å²) in [5, 5.41) is 0. The van der Waals surface area contributed by atoms with Gasteiger partial charge in [-0.15, -0.1) is 0 Å². The highest BCUT2D eigenvalue weighted by molar-refractivity contribution is 9.10. The van der Waals surface area contributed by atoms with Gasteiger partial charge in [-0.1, -0.05) is 28.1 Å². The zero-order chi connectivity index (χ0) is 13.8. The zero-order valence-corrected chi connectivity index (χ0v) is 12.9. The highest BCUT2D eigenvalue weighted by atomic mass is 79.9. The van der Waals surface area contributed by atoms with Crippen LogP contribution >= 0.6 is 15.9 Å². The first kappa shape index (κ1) is 14.3. The quantitative estimate of drug-likeness (QED) is 0.916. The molecule has 3 nitrogen and oxygen atoms in total. The first-order valence-electron chi connectivity index (χ1n) is 6.29. The van der Waals surface area contributed by atoms with Gasteiger partial charge in [-0.2, -0.15) is 0 Å². The maximum atomic E-state index is 5.72. The highest BCUT2D eigenvalue weighted by Gasteiger charge is 2.09. The number of hydrogen-bond acceptors (Lipinski definition) is 3. The molecule has 0 fully saturated rings. The van der Waals surface area contributed by atoms with Crippen LogP contribution in [-0.2, 0) is 19.6 Å². The second-order valence-electron chi connectivity index (χ2n) is 4.83. The summed E-state index contributed by atoms with van der Waals surface area (Å²) in [5.41, 5.74) is 8.03. The summed E-state index contributed by atoms with van der Waals surface area (Å²) >= 11 is 3.49. The van der Waals surface area contributed by atoms with Crippen molar-refractivity contribution in [3.8, 4) is 0 Å². The maximum Gasteiger partial charge on any atom is 0.120 e. The molecule has 4 heteroatoms. The fourth-order valence-electron chi connectivity index (χ4n) is 2.14. The highest BCUT2D eigenvalue weighted by Crippen LogP contribution is 2.17. The molecule has 2 rings (SSSR count). The molecule has 0 atom stereocenters. The molecule has 0 radical (unpaired) electrons. The molecule has 0 aliphatic heterocycles. The van der Waals surface area contributed by atoms with Gasteiger partial charge in [0.1, 0.15) is 11.5 Å². The van der Waals surface area contributed by atoms with Gasteiger partial charge >= 0.3 is 0 Å². The van der Waals surface area contributed by atoms with Gasteiger partial charge in [0.05, 0.1) is 13.1 Å². The lowest BCUT2D eigenvalue weighted by molar-refractivity contribution is 0.283. The minimum atomic E-state index is 0.460.